The Hall–Kier alpha value is -3.01. The minimum Gasteiger partial charge on any atom is -0.497 e. The topological polar surface area (TPSA) is 51.5 Å². The summed E-state index contributed by atoms with van der Waals surface area (Å²) in [5, 5.41) is 2.83. The molecular formula is C26H31NO3. The van der Waals surface area contributed by atoms with Crippen LogP contribution in [0.1, 0.15) is 63.3 Å². The number of methoxy groups -OCH3 is 1. The van der Waals surface area contributed by atoms with Gasteiger partial charge in [0.05, 0.1) is 7.11 Å². The molecule has 0 saturated carbocycles. The Bertz CT molecular complexity index is 988. The molecule has 4 heteroatoms. The molecule has 1 amide bonds. The zero-order chi connectivity index (χ0) is 21.7. The summed E-state index contributed by atoms with van der Waals surface area (Å²) in [6.45, 7) is 8.91. The summed E-state index contributed by atoms with van der Waals surface area (Å²) in [5.41, 5.74) is 4.89. The van der Waals surface area contributed by atoms with Gasteiger partial charge < -0.3 is 14.5 Å². The molecule has 1 N–H and O–H groups in total. The molecule has 0 unspecified atom stereocenters. The third kappa shape index (κ3) is 5.32. The smallest absolute Gasteiger partial charge is 0.291 e. The van der Waals surface area contributed by atoms with Gasteiger partial charge in [-0.2, -0.15) is 0 Å². The van der Waals surface area contributed by atoms with E-state index in [2.05, 4.69) is 38.2 Å². The highest BCUT2D eigenvalue weighted by Gasteiger charge is 2.26. The zero-order valence-electron chi connectivity index (χ0n) is 18.5. The van der Waals surface area contributed by atoms with Gasteiger partial charge in [0.25, 0.3) is 5.91 Å². The van der Waals surface area contributed by atoms with Gasteiger partial charge in [-0.05, 0) is 92.1 Å². The summed E-state index contributed by atoms with van der Waals surface area (Å²) >= 11 is 0. The van der Waals surface area contributed by atoms with E-state index < -0.39 is 0 Å². The van der Waals surface area contributed by atoms with E-state index in [9.17, 15) is 4.79 Å². The van der Waals surface area contributed by atoms with Crippen molar-refractivity contribution in [3.63, 3.8) is 0 Å². The summed E-state index contributed by atoms with van der Waals surface area (Å²) in [7, 11) is 1.61. The first-order chi connectivity index (χ1) is 14.3. The number of anilines is 1. The predicted molar refractivity (Wildman–Crippen MR) is 123 cm³/mol. The Balaban J connectivity index is 1.67. The minimum atomic E-state index is -0.280. The van der Waals surface area contributed by atoms with E-state index in [4.69, 9.17) is 9.15 Å². The first kappa shape index (κ1) is 21.7. The van der Waals surface area contributed by atoms with E-state index >= 15 is 0 Å². The Labute approximate surface area is 179 Å². The number of carbonyl (C=O) groups is 1. The Morgan fingerprint density at radius 1 is 1.17 bits per heavy atom. The number of hydrogen-bond acceptors (Lipinski definition) is 3. The van der Waals surface area contributed by atoms with E-state index in [0.29, 0.717) is 11.4 Å². The Morgan fingerprint density at radius 2 is 1.90 bits per heavy atom. The number of ether oxygens (including phenoxy) is 1. The van der Waals surface area contributed by atoms with Crippen molar-refractivity contribution in [2.45, 2.75) is 47.0 Å². The number of hydrogen-bond donors (Lipinski definition) is 1. The van der Waals surface area contributed by atoms with Crippen LogP contribution >= 0.6 is 0 Å². The van der Waals surface area contributed by atoms with Crippen molar-refractivity contribution in [2.75, 3.05) is 12.4 Å². The van der Waals surface area contributed by atoms with Crippen molar-refractivity contribution >= 4 is 17.7 Å². The van der Waals surface area contributed by atoms with Gasteiger partial charge in [0.15, 0.2) is 5.76 Å². The van der Waals surface area contributed by atoms with Crippen LogP contribution in [0, 0.1) is 5.41 Å². The quantitative estimate of drug-likeness (QED) is 0.525. The van der Waals surface area contributed by atoms with Gasteiger partial charge in [0.1, 0.15) is 11.5 Å². The molecule has 1 aromatic heterocycles. The van der Waals surface area contributed by atoms with Crippen LogP contribution in [0.15, 0.2) is 69.7 Å². The third-order valence-electron chi connectivity index (χ3n) is 5.62. The summed E-state index contributed by atoms with van der Waals surface area (Å²) in [6, 6.07) is 10.7. The number of amides is 1. The number of nitrogens with one attached hydrogen (secondary N) is 1. The number of allylic oxidation sites excluding steroid dienone is 5. The lowest BCUT2D eigenvalue weighted by atomic mass is 9.72. The van der Waals surface area contributed by atoms with E-state index in [-0.39, 0.29) is 17.1 Å². The van der Waals surface area contributed by atoms with Crippen molar-refractivity contribution in [2.24, 2.45) is 5.41 Å². The molecule has 0 saturated heterocycles. The van der Waals surface area contributed by atoms with Crippen LogP contribution < -0.4 is 10.1 Å². The van der Waals surface area contributed by atoms with Crippen LogP contribution in [0.25, 0.3) is 6.08 Å². The molecule has 1 aromatic carbocycles. The van der Waals surface area contributed by atoms with E-state index in [0.717, 1.165) is 11.3 Å². The van der Waals surface area contributed by atoms with Gasteiger partial charge in [-0.1, -0.05) is 31.6 Å². The minimum absolute atomic E-state index is 0.219. The molecule has 1 aliphatic carbocycles. The highest BCUT2D eigenvalue weighted by Crippen LogP contribution is 2.40. The van der Waals surface area contributed by atoms with Crippen LogP contribution in [0.4, 0.5) is 5.69 Å². The summed E-state index contributed by atoms with van der Waals surface area (Å²) in [6.07, 6.45) is 9.98. The van der Waals surface area contributed by atoms with E-state index in [1.165, 1.54) is 30.4 Å². The lowest BCUT2D eigenvalue weighted by Crippen LogP contribution is -2.19. The highest BCUT2D eigenvalue weighted by molar-refractivity contribution is 6.02. The molecule has 1 heterocycles. The molecule has 0 fully saturated rings. The standard InChI is InChI=1S/C26H31NO3/c1-18(8-14-23-19(2)7-6-16-26(23,3)4)17-22-13-15-24(30-22)25(28)27-20-9-11-21(29-5)12-10-20/h8-15,17H,6-7,16H2,1-5H3,(H,27,28). The lowest BCUT2D eigenvalue weighted by molar-refractivity contribution is 0.0996. The first-order valence-corrected chi connectivity index (χ1v) is 10.4. The fourth-order valence-corrected chi connectivity index (χ4v) is 3.92. The van der Waals surface area contributed by atoms with Crippen molar-refractivity contribution in [3.8, 4) is 5.75 Å². The number of furan rings is 1. The van der Waals surface area contributed by atoms with Crippen molar-refractivity contribution in [1.82, 2.24) is 0 Å². The van der Waals surface area contributed by atoms with Gasteiger partial charge in [0.2, 0.25) is 0 Å². The fraction of sp³-hybridized carbons (Fsp3) is 0.346. The molecule has 3 rings (SSSR count). The largest absolute Gasteiger partial charge is 0.497 e. The van der Waals surface area contributed by atoms with Gasteiger partial charge in [-0.25, -0.2) is 0 Å². The molecule has 1 aliphatic rings. The number of carbonyl (C=O) groups excluding carboxylic acids is 1. The summed E-state index contributed by atoms with van der Waals surface area (Å²) in [5.74, 6) is 1.40. The van der Waals surface area contributed by atoms with E-state index in [1.807, 2.05) is 19.1 Å². The third-order valence-corrected chi connectivity index (χ3v) is 5.62. The van der Waals surface area contributed by atoms with Gasteiger partial charge in [-0.15, -0.1) is 0 Å². The second-order valence-corrected chi connectivity index (χ2v) is 8.54. The maximum Gasteiger partial charge on any atom is 0.291 e. The summed E-state index contributed by atoms with van der Waals surface area (Å²) in [4.78, 5) is 12.4. The van der Waals surface area contributed by atoms with Crippen LogP contribution in [-0.4, -0.2) is 13.0 Å². The number of benzene rings is 1. The predicted octanol–water partition coefficient (Wildman–Crippen LogP) is 7.03. The van der Waals surface area contributed by atoms with Crippen LogP contribution in [0.5, 0.6) is 5.75 Å². The van der Waals surface area contributed by atoms with Crippen molar-refractivity contribution in [3.05, 3.63) is 76.8 Å². The highest BCUT2D eigenvalue weighted by atomic mass is 16.5. The maximum absolute atomic E-state index is 12.4. The maximum atomic E-state index is 12.4. The summed E-state index contributed by atoms with van der Waals surface area (Å²) < 4.78 is 10.9. The first-order valence-electron chi connectivity index (χ1n) is 10.4. The Morgan fingerprint density at radius 3 is 2.57 bits per heavy atom. The van der Waals surface area contributed by atoms with Gasteiger partial charge in [0, 0.05) is 5.69 Å². The van der Waals surface area contributed by atoms with Crippen molar-refractivity contribution in [1.29, 1.82) is 0 Å². The van der Waals surface area contributed by atoms with Crippen LogP contribution in [0.3, 0.4) is 0 Å². The van der Waals surface area contributed by atoms with Crippen molar-refractivity contribution < 1.29 is 13.9 Å². The molecular weight excluding hydrogens is 374 g/mol. The number of rotatable bonds is 6. The molecule has 0 radical (unpaired) electrons. The second kappa shape index (κ2) is 9.21. The monoisotopic (exact) mass is 405 g/mol. The normalized spacial score (nSPS) is 16.8. The van der Waals surface area contributed by atoms with Crippen LogP contribution in [-0.2, 0) is 0 Å². The average molecular weight is 406 g/mol. The second-order valence-electron chi connectivity index (χ2n) is 8.54. The Kier molecular flexibility index (Phi) is 6.66. The molecule has 158 valence electrons. The molecule has 0 spiro atoms. The van der Waals surface area contributed by atoms with Gasteiger partial charge in [-0.3, -0.25) is 4.79 Å². The molecule has 4 nitrogen and oxygen atoms in total. The average Bonchev–Trinajstić information content (AvgIpc) is 3.16. The molecule has 30 heavy (non-hydrogen) atoms. The lowest BCUT2D eigenvalue weighted by Gasteiger charge is -2.32. The zero-order valence-corrected chi connectivity index (χ0v) is 18.5. The SMILES string of the molecule is COc1ccc(NC(=O)c2ccc(C=C(C)C=CC3=C(C)CCCC3(C)C)o2)cc1. The molecule has 0 atom stereocenters. The van der Waals surface area contributed by atoms with Gasteiger partial charge >= 0.3 is 0 Å². The fourth-order valence-electron chi connectivity index (χ4n) is 3.92. The van der Waals surface area contributed by atoms with Crippen LogP contribution in [0.2, 0.25) is 0 Å². The van der Waals surface area contributed by atoms with E-state index in [1.54, 1.807) is 37.4 Å². The molecule has 0 bridgehead atoms. The molecule has 0 aliphatic heterocycles. The molecule has 2 aromatic rings.